The Kier molecular flexibility index (Phi) is 9.82. The predicted molar refractivity (Wildman–Crippen MR) is 168 cm³/mol. The van der Waals surface area contributed by atoms with E-state index in [0.29, 0.717) is 17.9 Å². The Balaban J connectivity index is 1.51. The first-order valence-corrected chi connectivity index (χ1v) is 15.3. The van der Waals surface area contributed by atoms with E-state index < -0.39 is 17.8 Å². The molecule has 2 amide bonds. The van der Waals surface area contributed by atoms with Gasteiger partial charge in [-0.25, -0.2) is 28.9 Å². The van der Waals surface area contributed by atoms with Crippen molar-refractivity contribution in [3.63, 3.8) is 0 Å². The summed E-state index contributed by atoms with van der Waals surface area (Å²) in [4.78, 5) is 43.2. The third-order valence-electron chi connectivity index (χ3n) is 6.52. The van der Waals surface area contributed by atoms with Crippen molar-refractivity contribution in [2.24, 2.45) is 0 Å². The highest BCUT2D eigenvalue weighted by Gasteiger charge is 2.25. The minimum atomic E-state index is -0.632. The molecule has 3 heterocycles. The van der Waals surface area contributed by atoms with Crippen LogP contribution in [0.25, 0.3) is 11.4 Å². The zero-order valence-corrected chi connectivity index (χ0v) is 26.4. The van der Waals surface area contributed by atoms with Gasteiger partial charge in [0.05, 0.1) is 34.0 Å². The van der Waals surface area contributed by atoms with E-state index >= 15 is 0 Å². The minimum absolute atomic E-state index is 0.0759. The van der Waals surface area contributed by atoms with Crippen LogP contribution in [0.2, 0.25) is 0 Å². The number of nitrogens with zero attached hydrogens (tertiary/aromatic N) is 9. The molecule has 0 atom stereocenters. The number of aromatic nitrogens is 7. The summed E-state index contributed by atoms with van der Waals surface area (Å²) in [5.74, 6) is 0. The molecule has 0 unspecified atom stereocenters. The highest BCUT2D eigenvalue weighted by atomic mass is 32.1. The van der Waals surface area contributed by atoms with Crippen LogP contribution in [0.1, 0.15) is 50.1 Å². The molecule has 234 valence electrons. The molecule has 45 heavy (non-hydrogen) atoms. The van der Waals surface area contributed by atoms with Gasteiger partial charge in [-0.15, -0.1) is 11.3 Å². The molecule has 0 radical (unpaired) electrons. The van der Waals surface area contributed by atoms with Crippen molar-refractivity contribution in [2.45, 2.75) is 59.4 Å². The van der Waals surface area contributed by atoms with E-state index in [1.165, 1.54) is 24.0 Å². The number of hydrogen-bond acceptors (Lipinski definition) is 10. The van der Waals surface area contributed by atoms with Gasteiger partial charge in [-0.1, -0.05) is 25.1 Å². The monoisotopic (exact) mass is 629 g/mol. The smallest absolute Gasteiger partial charge is 0.415 e. The summed E-state index contributed by atoms with van der Waals surface area (Å²) >= 11 is 1.41. The van der Waals surface area contributed by atoms with Crippen molar-refractivity contribution in [3.05, 3.63) is 95.5 Å². The molecule has 0 saturated heterocycles. The lowest BCUT2D eigenvalue weighted by Gasteiger charge is -2.28. The van der Waals surface area contributed by atoms with Crippen molar-refractivity contribution in [1.82, 2.24) is 39.4 Å². The summed E-state index contributed by atoms with van der Waals surface area (Å²) in [5.41, 5.74) is 4.70. The van der Waals surface area contributed by atoms with E-state index in [1.54, 1.807) is 43.5 Å². The number of anilines is 1. The van der Waals surface area contributed by atoms with E-state index in [1.807, 2.05) is 70.2 Å². The fourth-order valence-electron chi connectivity index (χ4n) is 4.51. The van der Waals surface area contributed by atoms with Crippen molar-refractivity contribution in [3.8, 4) is 11.4 Å². The van der Waals surface area contributed by atoms with Crippen LogP contribution in [-0.2, 0) is 29.2 Å². The number of hydrogen-bond donors (Lipinski definition) is 0. The number of ether oxygens (including phenoxy) is 2. The van der Waals surface area contributed by atoms with E-state index in [2.05, 4.69) is 25.1 Å². The lowest BCUT2D eigenvalue weighted by atomic mass is 10.1. The second-order valence-corrected chi connectivity index (χ2v) is 12.2. The van der Waals surface area contributed by atoms with E-state index in [4.69, 9.17) is 9.47 Å². The summed E-state index contributed by atoms with van der Waals surface area (Å²) in [5, 5.41) is 8.52. The molecule has 13 nitrogen and oxygen atoms in total. The highest BCUT2D eigenvalue weighted by Crippen LogP contribution is 2.29. The fourth-order valence-corrected chi connectivity index (χ4v) is 5.02. The Labute approximate surface area is 265 Å². The van der Waals surface area contributed by atoms with E-state index in [-0.39, 0.29) is 19.7 Å². The summed E-state index contributed by atoms with van der Waals surface area (Å²) in [6.45, 7) is 8.58. The molecule has 0 spiro atoms. The molecule has 0 aliphatic rings. The molecule has 0 aliphatic heterocycles. The van der Waals surface area contributed by atoms with Crippen molar-refractivity contribution in [1.29, 1.82) is 0 Å². The molecule has 5 aromatic rings. The minimum Gasteiger partial charge on any atom is -0.444 e. The Morgan fingerprint density at radius 1 is 0.889 bits per heavy atom. The number of carbonyl (C=O) groups excluding carboxylic acids is 2. The maximum Gasteiger partial charge on any atom is 0.415 e. The van der Waals surface area contributed by atoms with Gasteiger partial charge in [0.15, 0.2) is 0 Å². The van der Waals surface area contributed by atoms with Crippen molar-refractivity contribution >= 4 is 29.2 Å². The van der Waals surface area contributed by atoms with Gasteiger partial charge >= 0.3 is 12.2 Å². The summed E-state index contributed by atoms with van der Waals surface area (Å²) < 4.78 is 14.7. The third-order valence-corrected chi connectivity index (χ3v) is 7.27. The van der Waals surface area contributed by atoms with Crippen LogP contribution in [0.4, 0.5) is 15.3 Å². The van der Waals surface area contributed by atoms with Gasteiger partial charge in [0.25, 0.3) is 0 Å². The van der Waals surface area contributed by atoms with E-state index in [9.17, 15) is 9.59 Å². The quantitative estimate of drug-likeness (QED) is 0.178. The lowest BCUT2D eigenvalue weighted by molar-refractivity contribution is 0.0233. The average Bonchev–Trinajstić information content (AvgIpc) is 3.82. The molecule has 3 aromatic heterocycles. The highest BCUT2D eigenvalue weighted by molar-refractivity contribution is 7.09. The first kappa shape index (κ1) is 31.3. The molecule has 0 aliphatic carbocycles. The number of amides is 2. The van der Waals surface area contributed by atoms with Crippen LogP contribution in [-0.4, -0.2) is 63.7 Å². The van der Waals surface area contributed by atoms with Crippen LogP contribution >= 0.6 is 11.3 Å². The zero-order chi connectivity index (χ0) is 31.8. The molecule has 14 heteroatoms. The Morgan fingerprint density at radius 3 is 2.22 bits per heavy atom. The number of rotatable bonds is 11. The first-order chi connectivity index (χ1) is 21.7. The summed E-state index contributed by atoms with van der Waals surface area (Å²) in [6.07, 6.45) is 7.55. The molecular formula is C31H35N9O4S. The van der Waals surface area contributed by atoms with Crippen LogP contribution in [0.15, 0.2) is 79.5 Å². The second-order valence-electron chi connectivity index (χ2n) is 11.2. The Morgan fingerprint density at radius 2 is 1.60 bits per heavy atom. The normalized spacial score (nSPS) is 11.3. The fraction of sp³-hybridized carbons (Fsp3) is 0.323. The molecule has 0 fully saturated rings. The van der Waals surface area contributed by atoms with Crippen LogP contribution in [0.3, 0.4) is 0 Å². The molecule has 2 aromatic carbocycles. The van der Waals surface area contributed by atoms with Gasteiger partial charge in [0.2, 0.25) is 0 Å². The third kappa shape index (κ3) is 8.29. The standard InChI is InChI=1S/C31H35N9O4S/c1-5-12-37(29(41)44-31(2,3)4)15-24-8-11-27(40-21-34-19-36-40)28(13-24)38(30(42)43-17-26-14-32-22-45-26)16-23-6-9-25(10-7-23)39-20-33-18-35-39/h6-11,13-14,18-22H,5,12,15-17H2,1-4H3. The van der Waals surface area contributed by atoms with Crippen LogP contribution in [0, 0.1) is 0 Å². The summed E-state index contributed by atoms with van der Waals surface area (Å²) in [6, 6.07) is 13.3. The maximum absolute atomic E-state index is 13.9. The first-order valence-electron chi connectivity index (χ1n) is 14.4. The van der Waals surface area contributed by atoms with Crippen LogP contribution in [0.5, 0.6) is 0 Å². The van der Waals surface area contributed by atoms with Gasteiger partial charge < -0.3 is 14.4 Å². The van der Waals surface area contributed by atoms with Crippen LogP contribution < -0.4 is 4.90 Å². The molecule has 0 bridgehead atoms. The molecule has 0 N–H and O–H groups in total. The topological polar surface area (TPSA) is 133 Å². The summed E-state index contributed by atoms with van der Waals surface area (Å²) in [7, 11) is 0. The van der Waals surface area contributed by atoms with Gasteiger partial charge in [0.1, 0.15) is 37.5 Å². The van der Waals surface area contributed by atoms with Crippen molar-refractivity contribution < 1.29 is 19.1 Å². The molecular weight excluding hydrogens is 594 g/mol. The lowest BCUT2D eigenvalue weighted by Crippen LogP contribution is -2.37. The second kappa shape index (κ2) is 14.1. The van der Waals surface area contributed by atoms with E-state index in [0.717, 1.165) is 28.1 Å². The Hall–Kier alpha value is -5.11. The molecule has 0 saturated carbocycles. The largest absolute Gasteiger partial charge is 0.444 e. The zero-order valence-electron chi connectivity index (χ0n) is 25.6. The van der Waals surface area contributed by atoms with Crippen molar-refractivity contribution in [2.75, 3.05) is 11.4 Å². The predicted octanol–water partition coefficient (Wildman–Crippen LogP) is 5.80. The van der Waals surface area contributed by atoms with Gasteiger partial charge in [-0.3, -0.25) is 9.88 Å². The number of carbonyl (C=O) groups is 2. The maximum atomic E-state index is 13.9. The van der Waals surface area contributed by atoms with Gasteiger partial charge in [0, 0.05) is 19.3 Å². The number of thiazole rings is 1. The Bertz CT molecular complexity index is 1670. The number of benzene rings is 2. The van der Waals surface area contributed by atoms with Gasteiger partial charge in [-0.2, -0.15) is 10.2 Å². The molecule has 5 rings (SSSR count). The van der Waals surface area contributed by atoms with Gasteiger partial charge in [-0.05, 0) is 62.6 Å². The average molecular weight is 630 g/mol. The SMILES string of the molecule is CCCN(Cc1ccc(-n2cncn2)c(N(Cc2ccc(-n3cncn3)cc2)C(=O)OCc2cncs2)c1)C(=O)OC(C)(C)C.